The molecule has 0 saturated carbocycles. The third-order valence-corrected chi connectivity index (χ3v) is 3.63. The van der Waals surface area contributed by atoms with Gasteiger partial charge in [-0.1, -0.05) is 0 Å². The predicted octanol–water partition coefficient (Wildman–Crippen LogP) is -0.768. The molecule has 1 aromatic rings. The van der Waals surface area contributed by atoms with Crippen molar-refractivity contribution < 1.29 is 17.9 Å². The van der Waals surface area contributed by atoms with Gasteiger partial charge >= 0.3 is 6.03 Å². The van der Waals surface area contributed by atoms with E-state index in [1.54, 1.807) is 4.72 Å². The molecule has 0 bridgehead atoms. The average Bonchev–Trinajstić information content (AvgIpc) is 2.40. The Morgan fingerprint density at radius 2 is 1.75 bits per heavy atom. The molecule has 1 aromatic carbocycles. The predicted molar refractivity (Wildman–Crippen MR) is 74.4 cm³/mol. The molecule has 0 aliphatic carbocycles. The molecule has 20 heavy (non-hydrogen) atoms. The Morgan fingerprint density at radius 1 is 1.20 bits per heavy atom. The van der Waals surface area contributed by atoms with Gasteiger partial charge in [0.1, 0.15) is 0 Å². The Labute approximate surface area is 117 Å². The summed E-state index contributed by atoms with van der Waals surface area (Å²) in [6.07, 6.45) is 0. The molecule has 0 spiro atoms. The summed E-state index contributed by atoms with van der Waals surface area (Å²) in [7, 11) is -3.86. The number of nitrogens with one attached hydrogen (secondary N) is 2. The number of morpholine rings is 1. The van der Waals surface area contributed by atoms with E-state index in [4.69, 9.17) is 16.2 Å². The molecule has 6 N–H and O–H groups in total. The number of anilines is 1. The number of sulfonamides is 1. The second kappa shape index (κ2) is 7.68. The van der Waals surface area contributed by atoms with E-state index in [-0.39, 0.29) is 4.90 Å². The SMILES string of the molecule is C1COCCN1.NC(=O)NS(=O)(=O)c1ccc(N)cc1. The van der Waals surface area contributed by atoms with Crippen LogP contribution in [0.3, 0.4) is 0 Å². The Kier molecular flexibility index (Phi) is 6.22. The summed E-state index contributed by atoms with van der Waals surface area (Å²) < 4.78 is 29.2. The van der Waals surface area contributed by atoms with Crippen LogP contribution >= 0.6 is 0 Å². The third kappa shape index (κ3) is 5.87. The summed E-state index contributed by atoms with van der Waals surface area (Å²) in [6.45, 7) is 3.83. The normalized spacial score (nSPS) is 14.8. The first-order chi connectivity index (χ1) is 9.42. The minimum Gasteiger partial charge on any atom is -0.399 e. The molecule has 1 aliphatic rings. The molecule has 0 unspecified atom stereocenters. The number of nitrogen functional groups attached to an aromatic ring is 1. The number of hydrogen-bond acceptors (Lipinski definition) is 6. The van der Waals surface area contributed by atoms with Gasteiger partial charge in [-0.25, -0.2) is 17.9 Å². The van der Waals surface area contributed by atoms with Crippen molar-refractivity contribution in [3.05, 3.63) is 24.3 Å². The number of primary amides is 1. The van der Waals surface area contributed by atoms with Gasteiger partial charge in [0.2, 0.25) is 0 Å². The van der Waals surface area contributed by atoms with Crippen LogP contribution < -0.4 is 21.5 Å². The van der Waals surface area contributed by atoms with Crippen LogP contribution in [0.2, 0.25) is 0 Å². The second-order valence-electron chi connectivity index (χ2n) is 3.90. The highest BCUT2D eigenvalue weighted by molar-refractivity contribution is 7.90. The van der Waals surface area contributed by atoms with Crippen molar-refractivity contribution in [1.82, 2.24) is 10.0 Å². The fourth-order valence-electron chi connectivity index (χ4n) is 1.35. The van der Waals surface area contributed by atoms with Gasteiger partial charge in [0, 0.05) is 18.8 Å². The van der Waals surface area contributed by atoms with E-state index in [0.717, 1.165) is 26.3 Å². The lowest BCUT2D eigenvalue weighted by molar-refractivity contribution is 0.109. The topological polar surface area (TPSA) is 137 Å². The minimum absolute atomic E-state index is 0.0644. The molecule has 9 heteroatoms. The van der Waals surface area contributed by atoms with Gasteiger partial charge in [0.05, 0.1) is 18.1 Å². The molecule has 112 valence electrons. The summed E-state index contributed by atoms with van der Waals surface area (Å²) in [5, 5.41) is 3.16. The number of nitrogens with two attached hydrogens (primary N) is 2. The third-order valence-electron chi connectivity index (χ3n) is 2.27. The van der Waals surface area contributed by atoms with Crippen molar-refractivity contribution in [2.45, 2.75) is 4.90 Å². The second-order valence-corrected chi connectivity index (χ2v) is 5.58. The summed E-state index contributed by atoms with van der Waals surface area (Å²) in [6, 6.07) is 4.26. The zero-order valence-electron chi connectivity index (χ0n) is 10.8. The molecule has 0 aromatic heterocycles. The van der Waals surface area contributed by atoms with Crippen LogP contribution in [0.4, 0.5) is 10.5 Å². The van der Waals surface area contributed by atoms with Crippen molar-refractivity contribution >= 4 is 21.7 Å². The van der Waals surface area contributed by atoms with Gasteiger partial charge < -0.3 is 21.5 Å². The lowest BCUT2D eigenvalue weighted by atomic mass is 10.3. The summed E-state index contributed by atoms with van der Waals surface area (Å²) in [4.78, 5) is 10.3. The van der Waals surface area contributed by atoms with Gasteiger partial charge in [-0.3, -0.25) is 0 Å². The number of rotatable bonds is 2. The van der Waals surface area contributed by atoms with Crippen molar-refractivity contribution in [2.75, 3.05) is 32.0 Å². The maximum Gasteiger partial charge on any atom is 0.326 e. The minimum atomic E-state index is -3.86. The first-order valence-electron chi connectivity index (χ1n) is 5.88. The maximum atomic E-state index is 11.3. The lowest BCUT2D eigenvalue weighted by Crippen LogP contribution is -2.34. The largest absolute Gasteiger partial charge is 0.399 e. The Morgan fingerprint density at radius 3 is 2.10 bits per heavy atom. The van der Waals surface area contributed by atoms with Gasteiger partial charge in [-0.05, 0) is 24.3 Å². The lowest BCUT2D eigenvalue weighted by Gasteiger charge is -2.10. The first-order valence-corrected chi connectivity index (χ1v) is 7.36. The Hall–Kier alpha value is -1.84. The highest BCUT2D eigenvalue weighted by Crippen LogP contribution is 2.10. The number of carbonyl (C=O) groups is 1. The molecule has 2 amide bonds. The first kappa shape index (κ1) is 16.2. The summed E-state index contributed by atoms with van der Waals surface area (Å²) in [5.74, 6) is 0. The molecule has 1 heterocycles. The molecule has 1 aliphatic heterocycles. The van der Waals surface area contributed by atoms with Crippen LogP contribution in [-0.2, 0) is 14.8 Å². The standard InChI is InChI=1S/C7H9N3O3S.C4H9NO/c8-5-1-3-6(4-2-5)14(12,13)10-7(9)11;1-3-6-4-2-5-1/h1-4H,8H2,(H3,9,10,11);5H,1-4H2. The number of benzene rings is 1. The van der Waals surface area contributed by atoms with E-state index < -0.39 is 16.1 Å². The fourth-order valence-corrected chi connectivity index (χ4v) is 2.23. The van der Waals surface area contributed by atoms with Crippen LogP contribution in [0.25, 0.3) is 0 Å². The van der Waals surface area contributed by atoms with Gasteiger partial charge in [0.25, 0.3) is 10.0 Å². The molecular weight excluding hydrogens is 284 g/mol. The number of carbonyl (C=O) groups excluding carboxylic acids is 1. The van der Waals surface area contributed by atoms with Crippen LogP contribution in [0.1, 0.15) is 0 Å². The smallest absolute Gasteiger partial charge is 0.326 e. The highest BCUT2D eigenvalue weighted by atomic mass is 32.2. The van der Waals surface area contributed by atoms with E-state index in [1.807, 2.05) is 0 Å². The molecule has 0 radical (unpaired) electrons. The summed E-state index contributed by atoms with van der Waals surface area (Å²) >= 11 is 0. The maximum absolute atomic E-state index is 11.3. The number of urea groups is 1. The highest BCUT2D eigenvalue weighted by Gasteiger charge is 2.14. The average molecular weight is 302 g/mol. The van der Waals surface area contributed by atoms with Crippen molar-refractivity contribution in [2.24, 2.45) is 5.73 Å². The Balaban J connectivity index is 0.000000276. The zero-order valence-corrected chi connectivity index (χ0v) is 11.7. The van der Waals surface area contributed by atoms with Crippen molar-refractivity contribution in [3.8, 4) is 0 Å². The zero-order chi connectivity index (χ0) is 15.0. The van der Waals surface area contributed by atoms with E-state index in [1.165, 1.54) is 24.3 Å². The van der Waals surface area contributed by atoms with Crippen LogP contribution in [0.15, 0.2) is 29.2 Å². The van der Waals surface area contributed by atoms with Crippen molar-refractivity contribution in [1.29, 1.82) is 0 Å². The van der Waals surface area contributed by atoms with E-state index in [9.17, 15) is 13.2 Å². The number of hydrogen-bond donors (Lipinski definition) is 4. The van der Waals surface area contributed by atoms with E-state index in [0.29, 0.717) is 5.69 Å². The van der Waals surface area contributed by atoms with E-state index in [2.05, 4.69) is 5.32 Å². The van der Waals surface area contributed by atoms with Gasteiger partial charge in [-0.2, -0.15) is 0 Å². The molecule has 0 atom stereocenters. The Bertz CT molecular complexity index is 514. The van der Waals surface area contributed by atoms with Gasteiger partial charge in [-0.15, -0.1) is 0 Å². The molecular formula is C11H18N4O4S. The van der Waals surface area contributed by atoms with E-state index >= 15 is 0 Å². The molecule has 1 saturated heterocycles. The number of amides is 2. The van der Waals surface area contributed by atoms with Crippen LogP contribution in [0.5, 0.6) is 0 Å². The number of ether oxygens (including phenoxy) is 1. The van der Waals surface area contributed by atoms with Crippen LogP contribution in [-0.4, -0.2) is 40.8 Å². The summed E-state index contributed by atoms with van der Waals surface area (Å²) in [5.41, 5.74) is 10.5. The molecule has 2 rings (SSSR count). The quantitative estimate of drug-likeness (QED) is 0.530. The van der Waals surface area contributed by atoms with Crippen molar-refractivity contribution in [3.63, 3.8) is 0 Å². The monoisotopic (exact) mass is 302 g/mol. The molecule has 8 nitrogen and oxygen atoms in total. The van der Waals surface area contributed by atoms with Gasteiger partial charge in [0.15, 0.2) is 0 Å². The fraction of sp³-hybridized carbons (Fsp3) is 0.364. The molecule has 1 fully saturated rings. The van der Waals surface area contributed by atoms with Crippen LogP contribution in [0, 0.1) is 0 Å².